The zero-order valence-corrected chi connectivity index (χ0v) is 11.7. The molecule has 17 heavy (non-hydrogen) atoms. The summed E-state index contributed by atoms with van der Waals surface area (Å²) in [4.78, 5) is 2.27. The summed E-state index contributed by atoms with van der Waals surface area (Å²) in [6, 6.07) is 0. The van der Waals surface area contributed by atoms with E-state index in [1.807, 2.05) is 0 Å². The quantitative estimate of drug-likeness (QED) is 0.828. The molecular formula is C12H21N3OS. The summed E-state index contributed by atoms with van der Waals surface area (Å²) in [7, 11) is 0. The van der Waals surface area contributed by atoms with E-state index in [1.165, 1.54) is 5.01 Å². The van der Waals surface area contributed by atoms with E-state index in [2.05, 4.69) is 35.9 Å². The number of anilines is 1. The molecule has 0 saturated carbocycles. The van der Waals surface area contributed by atoms with Crippen LogP contribution in [-0.2, 0) is 10.2 Å². The topological polar surface area (TPSA) is 38.2 Å². The monoisotopic (exact) mass is 255 g/mol. The molecule has 0 aromatic carbocycles. The number of hydrogen-bond donors (Lipinski definition) is 0. The van der Waals surface area contributed by atoms with Gasteiger partial charge in [-0.3, -0.25) is 0 Å². The minimum atomic E-state index is 0.183. The summed E-state index contributed by atoms with van der Waals surface area (Å²) in [6.45, 7) is 10.2. The summed E-state index contributed by atoms with van der Waals surface area (Å²) in [6.07, 6.45) is 2.22. The van der Waals surface area contributed by atoms with Gasteiger partial charge in [0.25, 0.3) is 0 Å². The Morgan fingerprint density at radius 2 is 1.88 bits per heavy atom. The fourth-order valence-electron chi connectivity index (χ4n) is 1.89. The van der Waals surface area contributed by atoms with E-state index in [1.54, 1.807) is 11.3 Å². The number of hydrogen-bond acceptors (Lipinski definition) is 5. The van der Waals surface area contributed by atoms with Crippen LogP contribution in [0.15, 0.2) is 0 Å². The SMILES string of the molecule is CCC(C)(CC)c1nnc(N2CCOCC2)s1. The predicted octanol–water partition coefficient (Wildman–Crippen LogP) is 2.45. The molecule has 0 aliphatic carbocycles. The molecular weight excluding hydrogens is 234 g/mol. The molecule has 0 bridgehead atoms. The zero-order chi connectivity index (χ0) is 12.3. The van der Waals surface area contributed by atoms with Crippen molar-refractivity contribution in [1.29, 1.82) is 0 Å². The lowest BCUT2D eigenvalue weighted by Gasteiger charge is -2.26. The van der Waals surface area contributed by atoms with Gasteiger partial charge in [0.05, 0.1) is 13.2 Å². The summed E-state index contributed by atoms with van der Waals surface area (Å²) >= 11 is 1.74. The lowest BCUT2D eigenvalue weighted by molar-refractivity contribution is 0.122. The van der Waals surface area contributed by atoms with Gasteiger partial charge in [-0.25, -0.2) is 0 Å². The number of rotatable bonds is 4. The molecule has 96 valence electrons. The molecule has 2 heterocycles. The molecule has 0 unspecified atom stereocenters. The van der Waals surface area contributed by atoms with Crippen LogP contribution >= 0.6 is 11.3 Å². The third-order valence-electron chi connectivity index (χ3n) is 3.77. The zero-order valence-electron chi connectivity index (χ0n) is 10.9. The molecule has 0 spiro atoms. The van der Waals surface area contributed by atoms with Crippen molar-refractivity contribution in [1.82, 2.24) is 10.2 Å². The van der Waals surface area contributed by atoms with E-state index in [4.69, 9.17) is 4.74 Å². The second-order valence-electron chi connectivity index (χ2n) is 4.76. The van der Waals surface area contributed by atoms with Crippen LogP contribution in [0.3, 0.4) is 0 Å². The van der Waals surface area contributed by atoms with Crippen LogP contribution in [0.25, 0.3) is 0 Å². The highest BCUT2D eigenvalue weighted by Gasteiger charge is 2.28. The van der Waals surface area contributed by atoms with E-state index < -0.39 is 0 Å². The molecule has 1 fully saturated rings. The van der Waals surface area contributed by atoms with Crippen LogP contribution in [0.5, 0.6) is 0 Å². The second kappa shape index (κ2) is 5.31. The van der Waals surface area contributed by atoms with E-state index >= 15 is 0 Å². The number of aromatic nitrogens is 2. The van der Waals surface area contributed by atoms with Gasteiger partial charge in [-0.05, 0) is 12.8 Å². The van der Waals surface area contributed by atoms with Crippen molar-refractivity contribution in [3.05, 3.63) is 5.01 Å². The lowest BCUT2D eigenvalue weighted by atomic mass is 9.86. The predicted molar refractivity (Wildman–Crippen MR) is 70.9 cm³/mol. The maximum atomic E-state index is 5.35. The molecule has 1 aromatic heterocycles. The largest absolute Gasteiger partial charge is 0.378 e. The van der Waals surface area contributed by atoms with Crippen molar-refractivity contribution in [3.8, 4) is 0 Å². The summed E-state index contributed by atoms with van der Waals surface area (Å²) in [5, 5.41) is 11.0. The fourth-order valence-corrected chi connectivity index (χ4v) is 3.08. The molecule has 1 aliphatic rings. The molecule has 0 amide bonds. The van der Waals surface area contributed by atoms with Crippen molar-refractivity contribution in [2.24, 2.45) is 0 Å². The first-order valence-electron chi connectivity index (χ1n) is 6.36. The van der Waals surface area contributed by atoms with E-state index in [0.717, 1.165) is 44.3 Å². The average Bonchev–Trinajstić information content (AvgIpc) is 2.89. The van der Waals surface area contributed by atoms with Crippen molar-refractivity contribution in [2.45, 2.75) is 39.0 Å². The summed E-state index contributed by atoms with van der Waals surface area (Å²) in [5.41, 5.74) is 0.183. The Balaban J connectivity index is 2.14. The highest BCUT2D eigenvalue weighted by molar-refractivity contribution is 7.15. The summed E-state index contributed by atoms with van der Waals surface area (Å²) in [5.74, 6) is 0. The third kappa shape index (κ3) is 2.60. The van der Waals surface area contributed by atoms with Crippen LogP contribution in [0, 0.1) is 0 Å². The molecule has 1 saturated heterocycles. The first-order valence-corrected chi connectivity index (χ1v) is 7.18. The lowest BCUT2D eigenvalue weighted by Crippen LogP contribution is -2.36. The molecule has 0 N–H and O–H groups in total. The standard InChI is InChI=1S/C12H21N3OS/c1-4-12(3,5-2)10-13-14-11(17-10)15-6-8-16-9-7-15/h4-9H2,1-3H3. The van der Waals surface area contributed by atoms with Crippen LogP contribution in [-0.4, -0.2) is 36.5 Å². The Hall–Kier alpha value is -0.680. The molecule has 0 atom stereocenters. The normalized spacial score (nSPS) is 17.5. The Bertz CT molecular complexity index is 356. The van der Waals surface area contributed by atoms with Crippen molar-refractivity contribution >= 4 is 16.5 Å². The average molecular weight is 255 g/mol. The van der Waals surface area contributed by atoms with Gasteiger partial charge in [-0.15, -0.1) is 10.2 Å². The Morgan fingerprint density at radius 3 is 2.47 bits per heavy atom. The molecule has 1 aliphatic heterocycles. The van der Waals surface area contributed by atoms with Crippen LogP contribution in [0.2, 0.25) is 0 Å². The number of ether oxygens (including phenoxy) is 1. The van der Waals surface area contributed by atoms with Gasteiger partial charge in [0, 0.05) is 18.5 Å². The number of nitrogens with zero attached hydrogens (tertiary/aromatic N) is 3. The first-order chi connectivity index (χ1) is 8.19. The Kier molecular flexibility index (Phi) is 3.99. The molecule has 2 rings (SSSR count). The van der Waals surface area contributed by atoms with Crippen molar-refractivity contribution in [2.75, 3.05) is 31.2 Å². The highest BCUT2D eigenvalue weighted by Crippen LogP contribution is 2.35. The molecule has 1 aromatic rings. The molecule has 5 heteroatoms. The van der Waals surface area contributed by atoms with Gasteiger partial charge >= 0.3 is 0 Å². The minimum Gasteiger partial charge on any atom is -0.378 e. The van der Waals surface area contributed by atoms with Gasteiger partial charge in [-0.2, -0.15) is 0 Å². The minimum absolute atomic E-state index is 0.183. The van der Waals surface area contributed by atoms with E-state index in [0.29, 0.717) is 0 Å². The van der Waals surface area contributed by atoms with Gasteiger partial charge in [0.2, 0.25) is 5.13 Å². The Labute approximate surface area is 107 Å². The number of morpholine rings is 1. The highest BCUT2D eigenvalue weighted by atomic mass is 32.1. The van der Waals surface area contributed by atoms with Gasteiger partial charge in [0.15, 0.2) is 0 Å². The molecule has 0 radical (unpaired) electrons. The third-order valence-corrected chi connectivity index (χ3v) is 5.06. The first kappa shape index (κ1) is 12.8. The van der Waals surface area contributed by atoms with E-state index in [9.17, 15) is 0 Å². The van der Waals surface area contributed by atoms with Gasteiger partial charge in [-0.1, -0.05) is 32.1 Å². The van der Waals surface area contributed by atoms with Crippen molar-refractivity contribution < 1.29 is 4.74 Å². The van der Waals surface area contributed by atoms with Crippen LogP contribution in [0.1, 0.15) is 38.6 Å². The smallest absolute Gasteiger partial charge is 0.208 e. The second-order valence-corrected chi connectivity index (χ2v) is 5.71. The van der Waals surface area contributed by atoms with E-state index in [-0.39, 0.29) is 5.41 Å². The Morgan fingerprint density at radius 1 is 1.24 bits per heavy atom. The van der Waals surface area contributed by atoms with Crippen LogP contribution < -0.4 is 4.90 Å². The maximum Gasteiger partial charge on any atom is 0.208 e. The van der Waals surface area contributed by atoms with Crippen molar-refractivity contribution in [3.63, 3.8) is 0 Å². The maximum absolute atomic E-state index is 5.35. The fraction of sp³-hybridized carbons (Fsp3) is 0.833. The van der Waals surface area contributed by atoms with Gasteiger partial charge < -0.3 is 9.64 Å². The summed E-state index contributed by atoms with van der Waals surface area (Å²) < 4.78 is 5.35. The molecule has 4 nitrogen and oxygen atoms in total. The van der Waals surface area contributed by atoms with Crippen LogP contribution in [0.4, 0.5) is 5.13 Å². The van der Waals surface area contributed by atoms with Gasteiger partial charge in [0.1, 0.15) is 5.01 Å².